The van der Waals surface area contributed by atoms with Gasteiger partial charge in [-0.3, -0.25) is 4.90 Å². The summed E-state index contributed by atoms with van der Waals surface area (Å²) in [5.74, 6) is 0.951. The first-order valence-electron chi connectivity index (χ1n) is 9.60. The maximum Gasteiger partial charge on any atom is 0.0334 e. The lowest BCUT2D eigenvalue weighted by Crippen LogP contribution is -2.69. The third kappa shape index (κ3) is 4.01. The van der Waals surface area contributed by atoms with Crippen LogP contribution in [0.2, 0.25) is 0 Å². The van der Waals surface area contributed by atoms with Gasteiger partial charge < -0.3 is 5.32 Å². The lowest BCUT2D eigenvalue weighted by molar-refractivity contribution is -0.00321. The van der Waals surface area contributed by atoms with Crippen molar-refractivity contribution in [1.29, 1.82) is 0 Å². The Morgan fingerprint density at radius 2 is 1.67 bits per heavy atom. The van der Waals surface area contributed by atoms with E-state index in [1.54, 1.807) is 0 Å². The second-order valence-electron chi connectivity index (χ2n) is 7.81. The molecule has 1 saturated heterocycles. The largest absolute Gasteiger partial charge is 0.308 e. The van der Waals surface area contributed by atoms with E-state index in [4.69, 9.17) is 0 Å². The summed E-state index contributed by atoms with van der Waals surface area (Å²) in [4.78, 5) is 2.88. The average molecular weight is 295 g/mol. The monoisotopic (exact) mass is 294 g/mol. The van der Waals surface area contributed by atoms with E-state index in [9.17, 15) is 0 Å². The third-order valence-corrected chi connectivity index (χ3v) is 6.38. The molecule has 0 aromatic carbocycles. The molecule has 0 aromatic rings. The summed E-state index contributed by atoms with van der Waals surface area (Å²) in [5.41, 5.74) is 0.802. The van der Waals surface area contributed by atoms with E-state index in [1.807, 2.05) is 0 Å². The van der Waals surface area contributed by atoms with Gasteiger partial charge in [0.05, 0.1) is 0 Å². The van der Waals surface area contributed by atoms with Crippen LogP contribution in [0.5, 0.6) is 0 Å². The molecule has 1 aliphatic heterocycles. The van der Waals surface area contributed by atoms with Crippen molar-refractivity contribution >= 4 is 0 Å². The maximum absolute atomic E-state index is 3.94. The van der Waals surface area contributed by atoms with E-state index in [1.165, 1.54) is 77.4 Å². The minimum Gasteiger partial charge on any atom is -0.308 e. The molecule has 1 heterocycles. The number of hydrogen-bond donors (Lipinski definition) is 1. The summed E-state index contributed by atoms with van der Waals surface area (Å²) < 4.78 is 0. The Bertz CT molecular complexity index is 307. The molecule has 0 radical (unpaired) electrons. The van der Waals surface area contributed by atoms with Crippen LogP contribution in [0.4, 0.5) is 0 Å². The van der Waals surface area contributed by atoms with Gasteiger partial charge in [0.15, 0.2) is 0 Å². The molecule has 2 heteroatoms. The van der Waals surface area contributed by atoms with E-state index >= 15 is 0 Å². The molecular weight excluding hydrogens is 256 g/mol. The molecule has 0 aromatic heterocycles. The fourth-order valence-corrected chi connectivity index (χ4v) is 4.15. The van der Waals surface area contributed by atoms with Gasteiger partial charge in [0.2, 0.25) is 0 Å². The van der Waals surface area contributed by atoms with Crippen molar-refractivity contribution in [3.05, 3.63) is 0 Å². The minimum absolute atomic E-state index is 0.373. The highest BCUT2D eigenvalue weighted by molar-refractivity contribution is 5.08. The Balaban J connectivity index is 1.93. The molecule has 1 atom stereocenters. The van der Waals surface area contributed by atoms with Crippen LogP contribution >= 0.6 is 0 Å². The zero-order valence-corrected chi connectivity index (χ0v) is 15.0. The predicted octanol–water partition coefficient (Wildman–Crippen LogP) is 4.59. The van der Waals surface area contributed by atoms with E-state index < -0.39 is 0 Å². The smallest absolute Gasteiger partial charge is 0.0334 e. The first-order valence-corrected chi connectivity index (χ1v) is 9.60. The molecule has 1 N–H and O–H groups in total. The Labute approximate surface area is 133 Å². The molecule has 1 unspecified atom stereocenters. The van der Waals surface area contributed by atoms with Crippen LogP contribution in [-0.4, -0.2) is 35.6 Å². The highest BCUT2D eigenvalue weighted by Crippen LogP contribution is 2.45. The summed E-state index contributed by atoms with van der Waals surface area (Å²) >= 11 is 0. The first-order chi connectivity index (χ1) is 10.1. The summed E-state index contributed by atoms with van der Waals surface area (Å²) in [7, 11) is 0. The number of unbranched alkanes of at least 4 members (excludes halogenated alkanes) is 4. The van der Waals surface area contributed by atoms with Gasteiger partial charge in [-0.1, -0.05) is 46.5 Å². The van der Waals surface area contributed by atoms with E-state index in [0.717, 1.165) is 5.92 Å². The minimum atomic E-state index is 0.373. The quantitative estimate of drug-likeness (QED) is 0.626. The Morgan fingerprint density at radius 1 is 1.00 bits per heavy atom. The van der Waals surface area contributed by atoms with Gasteiger partial charge >= 0.3 is 0 Å². The highest BCUT2D eigenvalue weighted by Gasteiger charge is 2.50. The van der Waals surface area contributed by atoms with Crippen molar-refractivity contribution < 1.29 is 0 Å². The molecule has 0 bridgehead atoms. The van der Waals surface area contributed by atoms with Gasteiger partial charge in [-0.15, -0.1) is 0 Å². The van der Waals surface area contributed by atoms with Gasteiger partial charge in [-0.05, 0) is 51.5 Å². The second-order valence-corrected chi connectivity index (χ2v) is 7.81. The Kier molecular flexibility index (Phi) is 6.14. The Hall–Kier alpha value is -0.0800. The van der Waals surface area contributed by atoms with Crippen LogP contribution in [0.3, 0.4) is 0 Å². The Morgan fingerprint density at radius 3 is 2.24 bits per heavy atom. The molecule has 2 fully saturated rings. The molecule has 0 amide bonds. The summed E-state index contributed by atoms with van der Waals surface area (Å²) in [6, 6.07) is 0. The van der Waals surface area contributed by atoms with Crippen LogP contribution in [-0.2, 0) is 0 Å². The van der Waals surface area contributed by atoms with Gasteiger partial charge in [-0.2, -0.15) is 0 Å². The number of piperazine rings is 1. The van der Waals surface area contributed by atoms with E-state index in [2.05, 4.69) is 37.9 Å². The number of rotatable bonds is 9. The van der Waals surface area contributed by atoms with Crippen molar-refractivity contribution in [3.63, 3.8) is 0 Å². The van der Waals surface area contributed by atoms with Crippen molar-refractivity contribution in [3.8, 4) is 0 Å². The number of hydrogen-bond acceptors (Lipinski definition) is 2. The fraction of sp³-hybridized carbons (Fsp3) is 1.00. The first kappa shape index (κ1) is 17.3. The molecule has 2 rings (SSSR count). The molecule has 21 heavy (non-hydrogen) atoms. The molecule has 2 aliphatic rings. The molecule has 1 saturated carbocycles. The summed E-state index contributed by atoms with van der Waals surface area (Å²) in [6.45, 7) is 13.3. The fourth-order valence-electron chi connectivity index (χ4n) is 4.15. The number of nitrogens with zero attached hydrogens (tertiary/aromatic N) is 1. The van der Waals surface area contributed by atoms with Gasteiger partial charge in [0, 0.05) is 24.2 Å². The van der Waals surface area contributed by atoms with Crippen LogP contribution in [0.25, 0.3) is 0 Å². The van der Waals surface area contributed by atoms with E-state index in [0.29, 0.717) is 11.1 Å². The predicted molar refractivity (Wildman–Crippen MR) is 92.8 cm³/mol. The molecule has 0 spiro atoms. The van der Waals surface area contributed by atoms with Crippen LogP contribution in [0.1, 0.15) is 85.5 Å². The lowest BCUT2D eigenvalue weighted by atomic mass is 9.81. The summed E-state index contributed by atoms with van der Waals surface area (Å²) in [5, 5.41) is 3.94. The van der Waals surface area contributed by atoms with Crippen molar-refractivity contribution in [2.24, 2.45) is 5.92 Å². The average Bonchev–Trinajstić information content (AvgIpc) is 3.34. The standard InChI is InChI=1S/C19H38N2/c1-5-8-9-10-11-14-21-16-19(6-2,7-3)20-15-18(21,4)17-12-13-17/h17,20H,5-16H2,1-4H3. The second kappa shape index (κ2) is 7.46. The van der Waals surface area contributed by atoms with Crippen molar-refractivity contribution in [2.45, 2.75) is 96.6 Å². The zero-order chi connectivity index (χ0) is 15.3. The van der Waals surface area contributed by atoms with Crippen LogP contribution in [0.15, 0.2) is 0 Å². The zero-order valence-electron chi connectivity index (χ0n) is 15.0. The molecular formula is C19H38N2. The summed E-state index contributed by atoms with van der Waals surface area (Å²) in [6.07, 6.45) is 12.4. The van der Waals surface area contributed by atoms with Gasteiger partial charge in [-0.25, -0.2) is 0 Å². The maximum atomic E-state index is 3.94. The third-order valence-electron chi connectivity index (χ3n) is 6.38. The van der Waals surface area contributed by atoms with Gasteiger partial charge in [0.1, 0.15) is 0 Å². The van der Waals surface area contributed by atoms with E-state index in [-0.39, 0.29) is 0 Å². The van der Waals surface area contributed by atoms with Crippen molar-refractivity contribution in [2.75, 3.05) is 19.6 Å². The van der Waals surface area contributed by atoms with Crippen LogP contribution < -0.4 is 5.32 Å². The van der Waals surface area contributed by atoms with Crippen molar-refractivity contribution in [1.82, 2.24) is 10.2 Å². The topological polar surface area (TPSA) is 15.3 Å². The SMILES string of the molecule is CCCCCCCN1CC(CC)(CC)NCC1(C)C1CC1. The lowest BCUT2D eigenvalue weighted by Gasteiger charge is -2.54. The molecule has 2 nitrogen and oxygen atoms in total. The normalized spacial score (nSPS) is 29.7. The van der Waals surface area contributed by atoms with Crippen LogP contribution in [0, 0.1) is 5.92 Å². The molecule has 1 aliphatic carbocycles. The van der Waals surface area contributed by atoms with Gasteiger partial charge in [0.25, 0.3) is 0 Å². The highest BCUT2D eigenvalue weighted by atomic mass is 15.3. The molecule has 124 valence electrons. The number of nitrogens with one attached hydrogen (secondary N) is 1.